The molecule has 1 rings (SSSR count). The summed E-state index contributed by atoms with van der Waals surface area (Å²) >= 11 is 1.59. The molecule has 0 aliphatic carbocycles. The molecule has 0 saturated heterocycles. The number of amides is 1. The molecule has 2 nitrogen and oxygen atoms in total. The highest BCUT2D eigenvalue weighted by Crippen LogP contribution is 2.20. The molecule has 0 atom stereocenters. The molecule has 0 radical (unpaired) electrons. The van der Waals surface area contributed by atoms with Crippen LogP contribution in [0.4, 0.5) is 0 Å². The lowest BCUT2D eigenvalue weighted by atomic mass is 10.1. The van der Waals surface area contributed by atoms with Crippen LogP contribution in [0.1, 0.15) is 24.5 Å². The number of hydrogen-bond acceptors (Lipinski definition) is 2. The van der Waals surface area contributed by atoms with Gasteiger partial charge in [0, 0.05) is 11.4 Å². The van der Waals surface area contributed by atoms with Crippen molar-refractivity contribution in [2.24, 2.45) is 0 Å². The predicted molar refractivity (Wildman–Crippen MR) is 69.9 cm³/mol. The molecule has 1 amide bonds. The summed E-state index contributed by atoms with van der Waals surface area (Å²) in [5, 5.41) is 2.87. The monoisotopic (exact) mass is 237 g/mol. The Bertz CT molecular complexity index is 363. The van der Waals surface area contributed by atoms with Gasteiger partial charge in [-0.15, -0.1) is 11.8 Å². The van der Waals surface area contributed by atoms with Crippen molar-refractivity contribution in [3.63, 3.8) is 0 Å². The van der Waals surface area contributed by atoms with Crippen LogP contribution < -0.4 is 5.32 Å². The van der Waals surface area contributed by atoms with E-state index < -0.39 is 0 Å². The molecule has 0 fully saturated rings. The Hall–Kier alpha value is -0.960. The van der Waals surface area contributed by atoms with E-state index in [1.54, 1.807) is 11.8 Å². The fraction of sp³-hybridized carbons (Fsp3) is 0.462. The van der Waals surface area contributed by atoms with Crippen LogP contribution in [0.25, 0.3) is 0 Å². The van der Waals surface area contributed by atoms with Crippen LogP contribution in [-0.4, -0.2) is 18.2 Å². The first-order valence-electron chi connectivity index (χ1n) is 5.60. The SMILES string of the molecule is CCCNC(=O)CSc1ccc(C)c(C)c1. The summed E-state index contributed by atoms with van der Waals surface area (Å²) in [5.74, 6) is 0.618. The molecule has 0 spiro atoms. The van der Waals surface area contributed by atoms with Gasteiger partial charge < -0.3 is 5.32 Å². The number of hydrogen-bond donors (Lipinski definition) is 1. The van der Waals surface area contributed by atoms with Crippen molar-refractivity contribution in [3.8, 4) is 0 Å². The molecule has 3 heteroatoms. The first-order valence-corrected chi connectivity index (χ1v) is 6.58. The second kappa shape index (κ2) is 6.59. The van der Waals surface area contributed by atoms with E-state index in [1.165, 1.54) is 11.1 Å². The van der Waals surface area contributed by atoms with E-state index in [2.05, 4.69) is 44.3 Å². The smallest absolute Gasteiger partial charge is 0.230 e. The second-order valence-corrected chi connectivity index (χ2v) is 4.93. The van der Waals surface area contributed by atoms with Crippen LogP contribution in [0.5, 0.6) is 0 Å². The van der Waals surface area contributed by atoms with E-state index >= 15 is 0 Å². The zero-order chi connectivity index (χ0) is 12.0. The summed E-state index contributed by atoms with van der Waals surface area (Å²) in [6.45, 7) is 7.01. The van der Waals surface area contributed by atoms with Crippen LogP contribution in [-0.2, 0) is 4.79 Å². The molecular formula is C13H19NOS. The van der Waals surface area contributed by atoms with Gasteiger partial charge in [0.05, 0.1) is 5.75 Å². The number of nitrogens with one attached hydrogen (secondary N) is 1. The van der Waals surface area contributed by atoms with Crippen molar-refractivity contribution in [1.29, 1.82) is 0 Å². The van der Waals surface area contributed by atoms with Crippen LogP contribution in [0, 0.1) is 13.8 Å². The molecule has 0 unspecified atom stereocenters. The highest BCUT2D eigenvalue weighted by Gasteiger charge is 2.02. The molecular weight excluding hydrogens is 218 g/mol. The molecule has 0 aliphatic heterocycles. The Kier molecular flexibility index (Phi) is 5.39. The highest BCUT2D eigenvalue weighted by atomic mass is 32.2. The average molecular weight is 237 g/mol. The van der Waals surface area contributed by atoms with Crippen LogP contribution in [0.2, 0.25) is 0 Å². The Labute approximate surface area is 102 Å². The standard InChI is InChI=1S/C13H19NOS/c1-4-7-14-13(15)9-16-12-6-5-10(2)11(3)8-12/h5-6,8H,4,7,9H2,1-3H3,(H,14,15). The van der Waals surface area contributed by atoms with E-state index in [1.807, 2.05) is 0 Å². The number of benzene rings is 1. The molecule has 0 aliphatic rings. The van der Waals surface area contributed by atoms with Gasteiger partial charge in [-0.3, -0.25) is 4.79 Å². The Morgan fingerprint density at radius 3 is 2.69 bits per heavy atom. The summed E-state index contributed by atoms with van der Waals surface area (Å²) in [6, 6.07) is 6.30. The lowest BCUT2D eigenvalue weighted by molar-refractivity contribution is -0.118. The Morgan fingerprint density at radius 1 is 1.31 bits per heavy atom. The molecule has 1 N–H and O–H groups in total. The lowest BCUT2D eigenvalue weighted by Gasteiger charge is -2.05. The highest BCUT2D eigenvalue weighted by molar-refractivity contribution is 8.00. The maximum absolute atomic E-state index is 11.4. The quantitative estimate of drug-likeness (QED) is 0.798. The van der Waals surface area contributed by atoms with Crippen LogP contribution in [0.3, 0.4) is 0 Å². The van der Waals surface area contributed by atoms with Gasteiger partial charge in [0.25, 0.3) is 0 Å². The van der Waals surface area contributed by atoms with E-state index in [9.17, 15) is 4.79 Å². The Morgan fingerprint density at radius 2 is 2.06 bits per heavy atom. The first-order chi connectivity index (χ1) is 7.63. The number of carbonyl (C=O) groups excluding carboxylic acids is 1. The van der Waals surface area contributed by atoms with Crippen molar-refractivity contribution in [2.75, 3.05) is 12.3 Å². The molecule has 0 heterocycles. The van der Waals surface area contributed by atoms with E-state index in [4.69, 9.17) is 0 Å². The number of carbonyl (C=O) groups is 1. The van der Waals surface area contributed by atoms with Gasteiger partial charge in [0.2, 0.25) is 5.91 Å². The minimum atomic E-state index is 0.116. The molecule has 1 aromatic carbocycles. The van der Waals surface area contributed by atoms with Gasteiger partial charge in [-0.2, -0.15) is 0 Å². The largest absolute Gasteiger partial charge is 0.355 e. The van der Waals surface area contributed by atoms with Gasteiger partial charge in [-0.1, -0.05) is 13.0 Å². The van der Waals surface area contributed by atoms with Crippen molar-refractivity contribution in [3.05, 3.63) is 29.3 Å². The summed E-state index contributed by atoms with van der Waals surface area (Å²) < 4.78 is 0. The summed E-state index contributed by atoms with van der Waals surface area (Å²) in [5.41, 5.74) is 2.57. The number of aryl methyl sites for hydroxylation is 2. The fourth-order valence-corrected chi connectivity index (χ4v) is 2.09. The summed E-state index contributed by atoms with van der Waals surface area (Å²) in [4.78, 5) is 12.6. The van der Waals surface area contributed by atoms with Gasteiger partial charge in [0.1, 0.15) is 0 Å². The van der Waals surface area contributed by atoms with Crippen LogP contribution in [0.15, 0.2) is 23.1 Å². The zero-order valence-electron chi connectivity index (χ0n) is 10.2. The molecule has 0 saturated carbocycles. The third kappa shape index (κ3) is 4.27. The molecule has 16 heavy (non-hydrogen) atoms. The van der Waals surface area contributed by atoms with Crippen molar-refractivity contribution in [2.45, 2.75) is 32.1 Å². The van der Waals surface area contributed by atoms with Crippen LogP contribution >= 0.6 is 11.8 Å². The summed E-state index contributed by atoms with van der Waals surface area (Å²) in [7, 11) is 0. The molecule has 0 aromatic heterocycles. The molecule has 0 bridgehead atoms. The summed E-state index contributed by atoms with van der Waals surface area (Å²) in [6.07, 6.45) is 0.986. The third-order valence-electron chi connectivity index (χ3n) is 2.42. The average Bonchev–Trinajstić information content (AvgIpc) is 2.28. The lowest BCUT2D eigenvalue weighted by Crippen LogP contribution is -2.25. The van der Waals surface area contributed by atoms with Gasteiger partial charge in [-0.05, 0) is 43.5 Å². The van der Waals surface area contributed by atoms with E-state index in [-0.39, 0.29) is 5.91 Å². The van der Waals surface area contributed by atoms with Gasteiger partial charge >= 0.3 is 0 Å². The third-order valence-corrected chi connectivity index (χ3v) is 3.41. The van der Waals surface area contributed by atoms with Crippen molar-refractivity contribution >= 4 is 17.7 Å². The second-order valence-electron chi connectivity index (χ2n) is 3.88. The number of thioether (sulfide) groups is 1. The van der Waals surface area contributed by atoms with E-state index in [0.29, 0.717) is 5.75 Å². The van der Waals surface area contributed by atoms with E-state index in [0.717, 1.165) is 17.9 Å². The normalized spacial score (nSPS) is 10.2. The Balaban J connectivity index is 2.42. The predicted octanol–water partition coefficient (Wildman–Crippen LogP) is 2.92. The van der Waals surface area contributed by atoms with Crippen molar-refractivity contribution < 1.29 is 4.79 Å². The molecule has 1 aromatic rings. The number of rotatable bonds is 5. The zero-order valence-corrected chi connectivity index (χ0v) is 11.0. The minimum absolute atomic E-state index is 0.116. The van der Waals surface area contributed by atoms with Crippen molar-refractivity contribution in [1.82, 2.24) is 5.32 Å². The van der Waals surface area contributed by atoms with Gasteiger partial charge in [0.15, 0.2) is 0 Å². The first kappa shape index (κ1) is 13.1. The minimum Gasteiger partial charge on any atom is -0.355 e. The van der Waals surface area contributed by atoms with Gasteiger partial charge in [-0.25, -0.2) is 0 Å². The maximum atomic E-state index is 11.4. The maximum Gasteiger partial charge on any atom is 0.230 e. The molecule has 88 valence electrons. The fourth-order valence-electron chi connectivity index (χ4n) is 1.27. The topological polar surface area (TPSA) is 29.1 Å².